The van der Waals surface area contributed by atoms with E-state index in [0.29, 0.717) is 12.0 Å². The Hall–Kier alpha value is -1.62. The molecule has 5 nitrogen and oxygen atoms in total. The van der Waals surface area contributed by atoms with Crippen LogP contribution in [0.15, 0.2) is 23.8 Å². The van der Waals surface area contributed by atoms with Crippen LogP contribution in [0.5, 0.6) is 0 Å². The van der Waals surface area contributed by atoms with Crippen LogP contribution in [0.4, 0.5) is 0 Å². The second-order valence-electron chi connectivity index (χ2n) is 7.13. The fourth-order valence-electron chi connectivity index (χ4n) is 3.43. The SMILES string of the molecule is C=C1CCCC(C)(C)[C@@H]1C[C@@H](OC(C)=O)/C(=C/CO)COC(C)=O. The van der Waals surface area contributed by atoms with Crippen LogP contribution in [-0.2, 0) is 19.1 Å². The Morgan fingerprint density at radius 1 is 1.38 bits per heavy atom. The van der Waals surface area contributed by atoms with Crippen molar-refractivity contribution in [3.8, 4) is 0 Å². The number of ether oxygens (including phenoxy) is 2. The molecule has 136 valence electrons. The molecule has 1 aliphatic rings. The zero-order chi connectivity index (χ0) is 18.3. The molecular formula is C19H30O5. The first-order valence-electron chi connectivity index (χ1n) is 8.45. The van der Waals surface area contributed by atoms with Crippen LogP contribution in [0.25, 0.3) is 0 Å². The molecule has 0 amide bonds. The Kier molecular flexibility index (Phi) is 7.67. The Morgan fingerprint density at radius 2 is 2.04 bits per heavy atom. The minimum Gasteiger partial charge on any atom is -0.461 e. The monoisotopic (exact) mass is 338 g/mol. The van der Waals surface area contributed by atoms with Crippen molar-refractivity contribution in [3.63, 3.8) is 0 Å². The normalized spacial score (nSPS) is 22.0. The average molecular weight is 338 g/mol. The molecule has 1 N–H and O–H groups in total. The number of allylic oxidation sites excluding steroid dienone is 1. The van der Waals surface area contributed by atoms with Gasteiger partial charge in [-0.05, 0) is 37.0 Å². The van der Waals surface area contributed by atoms with Gasteiger partial charge >= 0.3 is 11.9 Å². The van der Waals surface area contributed by atoms with E-state index in [1.54, 1.807) is 6.08 Å². The van der Waals surface area contributed by atoms with Crippen molar-refractivity contribution in [2.75, 3.05) is 13.2 Å². The van der Waals surface area contributed by atoms with Gasteiger partial charge in [-0.1, -0.05) is 32.1 Å². The van der Waals surface area contributed by atoms with Crippen molar-refractivity contribution in [1.82, 2.24) is 0 Å². The summed E-state index contributed by atoms with van der Waals surface area (Å²) in [6.07, 6.45) is 4.78. The minimum atomic E-state index is -0.534. The molecule has 0 saturated heterocycles. The Balaban J connectivity index is 3.01. The van der Waals surface area contributed by atoms with Gasteiger partial charge in [0.1, 0.15) is 12.7 Å². The van der Waals surface area contributed by atoms with E-state index in [1.807, 2.05) is 0 Å². The molecule has 0 aliphatic heterocycles. The molecule has 0 aromatic carbocycles. The van der Waals surface area contributed by atoms with Gasteiger partial charge in [-0.2, -0.15) is 0 Å². The molecule has 1 fully saturated rings. The maximum Gasteiger partial charge on any atom is 0.303 e. The summed E-state index contributed by atoms with van der Waals surface area (Å²) in [5.74, 6) is -0.608. The van der Waals surface area contributed by atoms with Crippen molar-refractivity contribution in [1.29, 1.82) is 0 Å². The van der Waals surface area contributed by atoms with E-state index in [4.69, 9.17) is 9.47 Å². The Morgan fingerprint density at radius 3 is 2.54 bits per heavy atom. The van der Waals surface area contributed by atoms with Crippen LogP contribution in [0.3, 0.4) is 0 Å². The lowest BCUT2D eigenvalue weighted by molar-refractivity contribution is -0.146. The maximum atomic E-state index is 11.5. The lowest BCUT2D eigenvalue weighted by Gasteiger charge is -2.42. The van der Waals surface area contributed by atoms with Gasteiger partial charge < -0.3 is 14.6 Å². The molecule has 0 aromatic rings. The van der Waals surface area contributed by atoms with Crippen LogP contribution in [0.2, 0.25) is 0 Å². The summed E-state index contributed by atoms with van der Waals surface area (Å²) in [6.45, 7) is 11.1. The molecule has 2 atom stereocenters. The lowest BCUT2D eigenvalue weighted by Crippen LogP contribution is -2.35. The third kappa shape index (κ3) is 6.11. The molecule has 1 saturated carbocycles. The lowest BCUT2D eigenvalue weighted by atomic mass is 9.64. The first-order valence-corrected chi connectivity index (χ1v) is 8.45. The van der Waals surface area contributed by atoms with E-state index in [9.17, 15) is 14.7 Å². The van der Waals surface area contributed by atoms with Gasteiger partial charge in [-0.15, -0.1) is 0 Å². The number of carbonyl (C=O) groups excluding carboxylic acids is 2. The number of hydrogen-bond donors (Lipinski definition) is 1. The van der Waals surface area contributed by atoms with E-state index in [1.165, 1.54) is 19.4 Å². The molecule has 1 aliphatic carbocycles. The molecular weight excluding hydrogens is 308 g/mol. The minimum absolute atomic E-state index is 0.00741. The van der Waals surface area contributed by atoms with Gasteiger partial charge in [0.05, 0.1) is 6.61 Å². The molecule has 0 radical (unpaired) electrons. The van der Waals surface area contributed by atoms with E-state index < -0.39 is 18.0 Å². The molecule has 0 heterocycles. The van der Waals surface area contributed by atoms with Gasteiger partial charge in [-0.3, -0.25) is 9.59 Å². The topological polar surface area (TPSA) is 72.8 Å². The zero-order valence-corrected chi connectivity index (χ0v) is 15.3. The number of rotatable bonds is 7. The van der Waals surface area contributed by atoms with E-state index in [2.05, 4.69) is 20.4 Å². The second-order valence-corrected chi connectivity index (χ2v) is 7.13. The molecule has 0 spiro atoms. The third-order valence-electron chi connectivity index (χ3n) is 4.72. The summed E-state index contributed by atoms with van der Waals surface area (Å²) in [4.78, 5) is 22.7. The van der Waals surface area contributed by atoms with Crippen molar-refractivity contribution in [2.45, 2.75) is 59.5 Å². The first-order chi connectivity index (χ1) is 11.2. The van der Waals surface area contributed by atoms with Crippen LogP contribution >= 0.6 is 0 Å². The van der Waals surface area contributed by atoms with Crippen molar-refractivity contribution in [3.05, 3.63) is 23.8 Å². The smallest absolute Gasteiger partial charge is 0.303 e. The zero-order valence-electron chi connectivity index (χ0n) is 15.3. The average Bonchev–Trinajstić information content (AvgIpc) is 2.45. The quantitative estimate of drug-likeness (QED) is 0.570. The van der Waals surface area contributed by atoms with Crippen molar-refractivity contribution in [2.24, 2.45) is 11.3 Å². The number of esters is 2. The van der Waals surface area contributed by atoms with Gasteiger partial charge in [0.15, 0.2) is 0 Å². The fourth-order valence-corrected chi connectivity index (χ4v) is 3.43. The maximum absolute atomic E-state index is 11.5. The van der Waals surface area contributed by atoms with Crippen LogP contribution < -0.4 is 0 Å². The van der Waals surface area contributed by atoms with Crippen molar-refractivity contribution >= 4 is 11.9 Å². The Labute approximate surface area is 144 Å². The van der Waals surface area contributed by atoms with E-state index in [-0.39, 0.29) is 24.5 Å². The molecule has 0 aromatic heterocycles. The number of aliphatic hydroxyl groups excluding tert-OH is 1. The van der Waals surface area contributed by atoms with Gasteiger partial charge in [0.2, 0.25) is 0 Å². The summed E-state index contributed by atoms with van der Waals surface area (Å²) in [7, 11) is 0. The molecule has 0 unspecified atom stereocenters. The molecule has 1 rings (SSSR count). The fraction of sp³-hybridized carbons (Fsp3) is 0.684. The van der Waals surface area contributed by atoms with Gasteiger partial charge in [0, 0.05) is 19.4 Å². The van der Waals surface area contributed by atoms with Crippen LogP contribution in [0.1, 0.15) is 53.4 Å². The first kappa shape index (κ1) is 20.4. The summed E-state index contributed by atoms with van der Waals surface area (Å²) in [5, 5.41) is 9.27. The molecule has 24 heavy (non-hydrogen) atoms. The summed E-state index contributed by atoms with van der Waals surface area (Å²) >= 11 is 0. The highest BCUT2D eigenvalue weighted by Crippen LogP contribution is 2.46. The molecule has 5 heteroatoms. The highest BCUT2D eigenvalue weighted by molar-refractivity contribution is 5.67. The van der Waals surface area contributed by atoms with Crippen LogP contribution in [0, 0.1) is 11.3 Å². The summed E-state index contributed by atoms with van der Waals surface area (Å²) in [6, 6.07) is 0. The summed E-state index contributed by atoms with van der Waals surface area (Å²) in [5.41, 5.74) is 1.84. The predicted octanol–water partition coefficient (Wildman–Crippen LogP) is 3.17. The largest absolute Gasteiger partial charge is 0.461 e. The van der Waals surface area contributed by atoms with Crippen LogP contribution in [-0.4, -0.2) is 36.4 Å². The summed E-state index contributed by atoms with van der Waals surface area (Å²) < 4.78 is 10.5. The standard InChI is InChI=1S/C19H30O5/c1-13-7-6-9-19(4,5)17(13)11-18(24-15(3)22)16(8-10-20)12-23-14(2)21/h8,17-18,20H,1,6-7,9-12H2,2-5H3/b16-8+/t17-,18-/m1/s1. The van der Waals surface area contributed by atoms with Gasteiger partial charge in [0.25, 0.3) is 0 Å². The number of hydrogen-bond acceptors (Lipinski definition) is 5. The highest BCUT2D eigenvalue weighted by atomic mass is 16.6. The number of carbonyl (C=O) groups is 2. The number of aliphatic hydroxyl groups is 1. The van der Waals surface area contributed by atoms with E-state index >= 15 is 0 Å². The predicted molar refractivity (Wildman–Crippen MR) is 92.2 cm³/mol. The highest BCUT2D eigenvalue weighted by Gasteiger charge is 2.37. The van der Waals surface area contributed by atoms with E-state index in [0.717, 1.165) is 19.3 Å². The van der Waals surface area contributed by atoms with Gasteiger partial charge in [-0.25, -0.2) is 0 Å². The molecule has 0 bridgehead atoms. The van der Waals surface area contributed by atoms with Crippen molar-refractivity contribution < 1.29 is 24.2 Å². The Bertz CT molecular complexity index is 504. The third-order valence-corrected chi connectivity index (χ3v) is 4.72. The second kappa shape index (κ2) is 9.02.